The topological polar surface area (TPSA) is 81.4 Å². The Morgan fingerprint density at radius 1 is 1.16 bits per heavy atom. The number of carbonyl (C=O) groups excluding carboxylic acids is 1. The molecule has 0 aliphatic carbocycles. The van der Waals surface area contributed by atoms with E-state index >= 15 is 0 Å². The number of nitrogens with zero attached hydrogens (tertiary/aromatic N) is 4. The first-order valence-electron chi connectivity index (χ1n) is 11.3. The number of ether oxygens (including phenoxy) is 1. The van der Waals surface area contributed by atoms with E-state index in [9.17, 15) is 9.59 Å². The molecule has 1 fully saturated rings. The highest BCUT2D eigenvalue weighted by molar-refractivity contribution is 5.86. The Hall–Kier alpha value is -3.13. The zero-order valence-electron chi connectivity index (χ0n) is 18.8. The van der Waals surface area contributed by atoms with Gasteiger partial charge in [0.25, 0.3) is 0 Å². The fraction of sp³-hybridized carbons (Fsp3) is 0.458. The highest BCUT2D eigenvalue weighted by Gasteiger charge is 2.28. The van der Waals surface area contributed by atoms with E-state index in [0.29, 0.717) is 39.3 Å². The van der Waals surface area contributed by atoms with Crippen molar-refractivity contribution in [2.45, 2.75) is 45.3 Å². The van der Waals surface area contributed by atoms with Gasteiger partial charge in [-0.2, -0.15) is 5.10 Å². The molecule has 0 radical (unpaired) electrons. The molecule has 1 aromatic heterocycles. The van der Waals surface area contributed by atoms with Gasteiger partial charge in [-0.1, -0.05) is 42.5 Å². The average molecular weight is 438 g/mol. The predicted molar refractivity (Wildman–Crippen MR) is 124 cm³/mol. The molecule has 1 N–H and O–H groups in total. The second-order valence-corrected chi connectivity index (χ2v) is 8.16. The van der Waals surface area contributed by atoms with Gasteiger partial charge in [-0.3, -0.25) is 4.57 Å². The number of carbonyl (C=O) groups is 1. The molecule has 32 heavy (non-hydrogen) atoms. The summed E-state index contributed by atoms with van der Waals surface area (Å²) in [5.41, 5.74) is 1.02. The van der Waals surface area contributed by atoms with E-state index < -0.39 is 0 Å². The number of hydrogen-bond donors (Lipinski definition) is 1. The zero-order chi connectivity index (χ0) is 22.5. The number of rotatable bonds is 7. The molecule has 0 saturated carbocycles. The van der Waals surface area contributed by atoms with E-state index in [-0.39, 0.29) is 17.6 Å². The average Bonchev–Trinajstić information content (AvgIpc) is 3.16. The van der Waals surface area contributed by atoms with Crippen LogP contribution in [0.2, 0.25) is 0 Å². The SMILES string of the molecule is CCn1c(C2CCN(C(=O)NCc3cccc4ccccc34)CC2)nn(CCOC)c1=O. The normalized spacial score (nSPS) is 14.8. The maximum atomic E-state index is 12.8. The molecule has 2 heterocycles. The molecule has 0 bridgehead atoms. The summed E-state index contributed by atoms with van der Waals surface area (Å²) in [4.78, 5) is 27.2. The second-order valence-electron chi connectivity index (χ2n) is 8.16. The number of hydrogen-bond acceptors (Lipinski definition) is 4. The minimum Gasteiger partial charge on any atom is -0.383 e. The summed E-state index contributed by atoms with van der Waals surface area (Å²) >= 11 is 0. The Kier molecular flexibility index (Phi) is 6.90. The van der Waals surface area contributed by atoms with E-state index in [4.69, 9.17) is 4.74 Å². The Labute approximate surface area is 187 Å². The van der Waals surface area contributed by atoms with Gasteiger partial charge in [0.05, 0.1) is 13.2 Å². The maximum Gasteiger partial charge on any atom is 0.345 e. The van der Waals surface area contributed by atoms with E-state index in [1.165, 1.54) is 10.1 Å². The Bertz CT molecular complexity index is 1120. The monoisotopic (exact) mass is 437 g/mol. The standard InChI is InChI=1S/C24H31N5O3/c1-3-28-22(26-29(24(28)31)15-16-32-2)19-11-13-27(14-12-19)23(30)25-17-20-9-6-8-18-7-4-5-10-21(18)20/h4-10,19H,3,11-17H2,1-2H3,(H,25,30). The quantitative estimate of drug-likeness (QED) is 0.616. The van der Waals surface area contributed by atoms with Crippen molar-refractivity contribution in [2.75, 3.05) is 26.8 Å². The third kappa shape index (κ3) is 4.55. The molecule has 4 rings (SSSR count). The van der Waals surface area contributed by atoms with Gasteiger partial charge in [-0.15, -0.1) is 0 Å². The van der Waals surface area contributed by atoms with Gasteiger partial charge >= 0.3 is 11.7 Å². The summed E-state index contributed by atoms with van der Waals surface area (Å²) in [7, 11) is 1.61. The lowest BCUT2D eigenvalue weighted by Gasteiger charge is -2.31. The van der Waals surface area contributed by atoms with Crippen LogP contribution in [0.25, 0.3) is 10.8 Å². The van der Waals surface area contributed by atoms with E-state index in [1.54, 1.807) is 11.7 Å². The molecule has 8 heteroatoms. The van der Waals surface area contributed by atoms with Crippen LogP contribution in [0.15, 0.2) is 47.3 Å². The first-order chi connectivity index (χ1) is 15.6. The second kappa shape index (κ2) is 9.99. The third-order valence-electron chi connectivity index (χ3n) is 6.23. The number of methoxy groups -OCH3 is 1. The van der Waals surface area contributed by atoms with Crippen molar-refractivity contribution >= 4 is 16.8 Å². The van der Waals surface area contributed by atoms with Crippen molar-refractivity contribution in [3.63, 3.8) is 0 Å². The molecular formula is C24H31N5O3. The minimum atomic E-state index is -0.0881. The molecule has 2 aromatic carbocycles. The highest BCUT2D eigenvalue weighted by Crippen LogP contribution is 2.26. The molecule has 8 nitrogen and oxygen atoms in total. The summed E-state index contributed by atoms with van der Waals surface area (Å²) < 4.78 is 8.33. The van der Waals surface area contributed by atoms with Crippen molar-refractivity contribution in [1.29, 1.82) is 0 Å². The Balaban J connectivity index is 1.36. The van der Waals surface area contributed by atoms with Gasteiger partial charge in [0.2, 0.25) is 0 Å². The molecule has 1 aliphatic rings. The number of nitrogens with one attached hydrogen (secondary N) is 1. The third-order valence-corrected chi connectivity index (χ3v) is 6.23. The van der Waals surface area contributed by atoms with Crippen LogP contribution in [0.4, 0.5) is 4.79 Å². The Morgan fingerprint density at radius 3 is 2.66 bits per heavy atom. The lowest BCUT2D eigenvalue weighted by Crippen LogP contribution is -2.44. The number of fused-ring (bicyclic) bond motifs is 1. The molecule has 3 aromatic rings. The highest BCUT2D eigenvalue weighted by atomic mass is 16.5. The van der Waals surface area contributed by atoms with Crippen LogP contribution < -0.4 is 11.0 Å². The van der Waals surface area contributed by atoms with Crippen LogP contribution in [0.5, 0.6) is 0 Å². The number of benzene rings is 2. The van der Waals surface area contributed by atoms with Gasteiger partial charge in [0, 0.05) is 39.2 Å². The molecule has 2 amide bonds. The number of piperidine rings is 1. The molecule has 0 spiro atoms. The fourth-order valence-corrected chi connectivity index (χ4v) is 4.45. The summed E-state index contributed by atoms with van der Waals surface area (Å²) in [5.74, 6) is 0.998. The summed E-state index contributed by atoms with van der Waals surface area (Å²) in [6, 6.07) is 14.3. The smallest absolute Gasteiger partial charge is 0.345 e. The lowest BCUT2D eigenvalue weighted by molar-refractivity contribution is 0.178. The van der Waals surface area contributed by atoms with Crippen molar-refractivity contribution in [3.8, 4) is 0 Å². The molecule has 1 saturated heterocycles. The maximum absolute atomic E-state index is 12.8. The molecule has 1 aliphatic heterocycles. The van der Waals surface area contributed by atoms with Crippen molar-refractivity contribution in [1.82, 2.24) is 24.6 Å². The largest absolute Gasteiger partial charge is 0.383 e. The van der Waals surface area contributed by atoms with E-state index in [2.05, 4.69) is 34.7 Å². The lowest BCUT2D eigenvalue weighted by atomic mass is 9.96. The molecule has 0 atom stereocenters. The number of urea groups is 1. The molecule has 0 unspecified atom stereocenters. The van der Waals surface area contributed by atoms with Crippen LogP contribution in [-0.4, -0.2) is 52.1 Å². The number of likely N-dealkylation sites (tertiary alicyclic amines) is 1. The van der Waals surface area contributed by atoms with Crippen molar-refractivity contribution in [3.05, 3.63) is 64.3 Å². The van der Waals surface area contributed by atoms with Gasteiger partial charge in [-0.25, -0.2) is 14.3 Å². The van der Waals surface area contributed by atoms with Crippen molar-refractivity contribution < 1.29 is 9.53 Å². The van der Waals surface area contributed by atoms with Crippen LogP contribution in [0.1, 0.15) is 37.1 Å². The number of amides is 2. The first kappa shape index (κ1) is 22.1. The molecular weight excluding hydrogens is 406 g/mol. The number of aromatic nitrogens is 3. The predicted octanol–water partition coefficient (Wildman–Crippen LogP) is 2.95. The van der Waals surface area contributed by atoms with Crippen molar-refractivity contribution in [2.24, 2.45) is 0 Å². The van der Waals surface area contributed by atoms with E-state index in [0.717, 1.165) is 29.6 Å². The van der Waals surface area contributed by atoms with Gasteiger partial charge < -0.3 is 15.0 Å². The van der Waals surface area contributed by atoms with Gasteiger partial charge in [0.15, 0.2) is 0 Å². The van der Waals surface area contributed by atoms with Crippen LogP contribution in [0.3, 0.4) is 0 Å². The minimum absolute atomic E-state index is 0.0464. The van der Waals surface area contributed by atoms with E-state index in [1.807, 2.05) is 30.0 Å². The Morgan fingerprint density at radius 2 is 1.91 bits per heavy atom. The van der Waals surface area contributed by atoms with Crippen LogP contribution in [-0.2, 0) is 24.4 Å². The first-order valence-corrected chi connectivity index (χ1v) is 11.3. The molecule has 170 valence electrons. The summed E-state index contributed by atoms with van der Waals surface area (Å²) in [6.07, 6.45) is 1.59. The summed E-state index contributed by atoms with van der Waals surface area (Å²) in [6.45, 7) is 5.25. The zero-order valence-corrected chi connectivity index (χ0v) is 18.8. The van der Waals surface area contributed by atoms with Gasteiger partial charge in [-0.05, 0) is 36.1 Å². The van der Waals surface area contributed by atoms with Gasteiger partial charge in [0.1, 0.15) is 5.82 Å². The van der Waals surface area contributed by atoms with Crippen LogP contribution >= 0.6 is 0 Å². The fourth-order valence-electron chi connectivity index (χ4n) is 4.45. The van der Waals surface area contributed by atoms with Crippen LogP contribution in [0, 0.1) is 0 Å². The summed E-state index contributed by atoms with van der Waals surface area (Å²) in [5, 5.41) is 9.99.